The molecule has 0 radical (unpaired) electrons. The van der Waals surface area contributed by atoms with E-state index < -0.39 is 10.0 Å². The fourth-order valence-corrected chi connectivity index (χ4v) is 2.98. The van der Waals surface area contributed by atoms with Gasteiger partial charge in [-0.05, 0) is 18.3 Å². The Bertz CT molecular complexity index is 493. The molecule has 17 heavy (non-hydrogen) atoms. The van der Waals surface area contributed by atoms with Crippen LogP contribution in [0.4, 0.5) is 0 Å². The van der Waals surface area contributed by atoms with Crippen molar-refractivity contribution in [2.75, 3.05) is 12.4 Å². The van der Waals surface area contributed by atoms with Gasteiger partial charge in [0.1, 0.15) is 5.82 Å². The maximum atomic E-state index is 11.9. The van der Waals surface area contributed by atoms with Crippen LogP contribution in [0.25, 0.3) is 0 Å². The van der Waals surface area contributed by atoms with E-state index in [0.29, 0.717) is 24.7 Å². The van der Waals surface area contributed by atoms with Crippen molar-refractivity contribution in [3.63, 3.8) is 0 Å². The van der Waals surface area contributed by atoms with Crippen LogP contribution < -0.4 is 4.72 Å². The minimum atomic E-state index is -3.48. The molecule has 1 aromatic rings. The average molecular weight is 278 g/mol. The van der Waals surface area contributed by atoms with Gasteiger partial charge in [0.2, 0.25) is 0 Å². The van der Waals surface area contributed by atoms with Gasteiger partial charge < -0.3 is 4.98 Å². The van der Waals surface area contributed by atoms with Crippen LogP contribution in [0.1, 0.15) is 25.6 Å². The molecule has 0 unspecified atom stereocenters. The highest BCUT2D eigenvalue weighted by Crippen LogP contribution is 2.46. The van der Waals surface area contributed by atoms with Gasteiger partial charge in [0, 0.05) is 18.8 Å². The molecule has 1 aromatic heterocycles. The second-order valence-electron chi connectivity index (χ2n) is 4.51. The summed E-state index contributed by atoms with van der Waals surface area (Å²) in [6.07, 6.45) is 4.01. The van der Waals surface area contributed by atoms with E-state index in [9.17, 15) is 8.42 Å². The number of halogens is 1. The molecule has 0 amide bonds. The molecule has 0 saturated heterocycles. The largest absolute Gasteiger partial charge is 0.332 e. The molecule has 1 aliphatic rings. The lowest BCUT2D eigenvalue weighted by Gasteiger charge is -2.11. The van der Waals surface area contributed by atoms with E-state index in [1.165, 1.54) is 6.20 Å². The molecule has 1 aliphatic carbocycles. The average Bonchev–Trinajstić information content (AvgIpc) is 2.94. The number of aryl methyl sites for hydroxylation is 1. The highest BCUT2D eigenvalue weighted by molar-refractivity contribution is 7.89. The number of rotatable bonds is 6. The summed E-state index contributed by atoms with van der Waals surface area (Å²) in [6.45, 7) is 2.31. The van der Waals surface area contributed by atoms with Gasteiger partial charge in [0.25, 0.3) is 10.0 Å². The summed E-state index contributed by atoms with van der Waals surface area (Å²) in [5.74, 6) is 1.17. The number of alkyl halides is 1. The summed E-state index contributed by atoms with van der Waals surface area (Å²) in [6, 6.07) is 0. The lowest BCUT2D eigenvalue weighted by Crippen LogP contribution is -2.31. The highest BCUT2D eigenvalue weighted by atomic mass is 35.5. The van der Waals surface area contributed by atoms with E-state index in [2.05, 4.69) is 14.7 Å². The first kappa shape index (κ1) is 12.9. The summed E-state index contributed by atoms with van der Waals surface area (Å²) in [4.78, 5) is 6.76. The van der Waals surface area contributed by atoms with Crippen molar-refractivity contribution in [1.82, 2.24) is 14.7 Å². The number of H-pyrrole nitrogens is 1. The number of aromatic nitrogens is 2. The van der Waals surface area contributed by atoms with Crippen LogP contribution in [-0.2, 0) is 16.4 Å². The third kappa shape index (κ3) is 2.81. The number of aromatic amines is 1. The Morgan fingerprint density at radius 3 is 2.76 bits per heavy atom. The summed E-state index contributed by atoms with van der Waals surface area (Å²) in [7, 11) is -3.48. The Balaban J connectivity index is 2.03. The quantitative estimate of drug-likeness (QED) is 0.769. The number of imidazole rings is 1. The number of hydrogen-bond acceptors (Lipinski definition) is 3. The molecule has 96 valence electrons. The molecule has 0 aromatic carbocycles. The number of nitrogens with zero attached hydrogens (tertiary/aromatic N) is 1. The van der Waals surface area contributed by atoms with Gasteiger partial charge in [-0.25, -0.2) is 18.1 Å². The minimum Gasteiger partial charge on any atom is -0.332 e. The molecule has 2 N–H and O–H groups in total. The first-order valence-electron chi connectivity index (χ1n) is 5.61. The van der Waals surface area contributed by atoms with Gasteiger partial charge in [0.05, 0.1) is 6.20 Å². The topological polar surface area (TPSA) is 74.8 Å². The zero-order valence-electron chi connectivity index (χ0n) is 9.66. The Kier molecular flexibility index (Phi) is 3.47. The van der Waals surface area contributed by atoms with Crippen LogP contribution in [0.3, 0.4) is 0 Å². The smallest absolute Gasteiger partial charge is 0.257 e. The first-order valence-corrected chi connectivity index (χ1v) is 7.63. The van der Waals surface area contributed by atoms with Gasteiger partial charge in [-0.1, -0.05) is 6.92 Å². The molecule has 5 nitrogen and oxygen atoms in total. The lowest BCUT2D eigenvalue weighted by atomic mass is 10.1. The molecular formula is C10H16ClN3O2S. The monoisotopic (exact) mass is 277 g/mol. The van der Waals surface area contributed by atoms with E-state index >= 15 is 0 Å². The van der Waals surface area contributed by atoms with Crippen LogP contribution in [0.15, 0.2) is 11.2 Å². The Morgan fingerprint density at radius 2 is 2.29 bits per heavy atom. The summed E-state index contributed by atoms with van der Waals surface area (Å²) >= 11 is 5.80. The molecule has 0 atom stereocenters. The van der Waals surface area contributed by atoms with Crippen molar-refractivity contribution >= 4 is 21.6 Å². The molecule has 0 bridgehead atoms. The standard InChI is InChI=1S/C10H16ClN3O2S/c1-2-8-12-5-9(14-8)17(15,16)13-7-10(6-11)3-4-10/h5,13H,2-4,6-7H2,1H3,(H,12,14). The molecule has 1 fully saturated rings. The Morgan fingerprint density at radius 1 is 1.59 bits per heavy atom. The van der Waals surface area contributed by atoms with E-state index in [0.717, 1.165) is 12.8 Å². The molecule has 1 saturated carbocycles. The number of nitrogens with one attached hydrogen (secondary N) is 2. The summed E-state index contributed by atoms with van der Waals surface area (Å²) in [5.41, 5.74) is -0.0256. The molecule has 1 heterocycles. The van der Waals surface area contributed by atoms with Crippen LogP contribution in [0, 0.1) is 5.41 Å². The van der Waals surface area contributed by atoms with Crippen molar-refractivity contribution in [2.24, 2.45) is 5.41 Å². The van der Waals surface area contributed by atoms with Gasteiger partial charge in [-0.3, -0.25) is 0 Å². The van der Waals surface area contributed by atoms with Gasteiger partial charge in [-0.2, -0.15) is 0 Å². The molecule has 0 spiro atoms. The minimum absolute atomic E-state index is 0.0256. The predicted octanol–water partition coefficient (Wildman–Crippen LogP) is 1.27. The van der Waals surface area contributed by atoms with Crippen LogP contribution in [0.2, 0.25) is 0 Å². The van der Waals surface area contributed by atoms with Gasteiger partial charge in [-0.15, -0.1) is 11.6 Å². The van der Waals surface area contributed by atoms with Crippen LogP contribution in [0.5, 0.6) is 0 Å². The normalized spacial score (nSPS) is 18.2. The fraction of sp³-hybridized carbons (Fsp3) is 0.700. The van der Waals surface area contributed by atoms with E-state index in [4.69, 9.17) is 11.6 Å². The van der Waals surface area contributed by atoms with Gasteiger partial charge >= 0.3 is 0 Å². The van der Waals surface area contributed by atoms with Crippen molar-refractivity contribution in [2.45, 2.75) is 31.2 Å². The second kappa shape index (κ2) is 4.59. The highest BCUT2D eigenvalue weighted by Gasteiger charge is 2.42. The van der Waals surface area contributed by atoms with E-state index in [1.54, 1.807) is 0 Å². The predicted molar refractivity (Wildman–Crippen MR) is 65.5 cm³/mol. The van der Waals surface area contributed by atoms with Crippen molar-refractivity contribution < 1.29 is 8.42 Å². The maximum absolute atomic E-state index is 11.9. The molecule has 7 heteroatoms. The molecule has 2 rings (SSSR count). The molecule has 0 aliphatic heterocycles. The SMILES string of the molecule is CCc1ncc(S(=O)(=O)NCC2(CCl)CC2)[nH]1. The van der Waals surface area contributed by atoms with Crippen LogP contribution >= 0.6 is 11.6 Å². The third-order valence-corrected chi connectivity index (χ3v) is 4.99. The summed E-state index contributed by atoms with van der Waals surface area (Å²) < 4.78 is 26.4. The van der Waals surface area contributed by atoms with Crippen molar-refractivity contribution in [3.05, 3.63) is 12.0 Å². The zero-order chi connectivity index (χ0) is 12.5. The lowest BCUT2D eigenvalue weighted by molar-refractivity contribution is 0.532. The number of hydrogen-bond donors (Lipinski definition) is 2. The zero-order valence-corrected chi connectivity index (χ0v) is 11.2. The molecular weight excluding hydrogens is 262 g/mol. The number of sulfonamides is 1. The fourth-order valence-electron chi connectivity index (χ4n) is 1.52. The maximum Gasteiger partial charge on any atom is 0.257 e. The second-order valence-corrected chi connectivity index (χ2v) is 6.51. The van der Waals surface area contributed by atoms with Gasteiger partial charge in [0.15, 0.2) is 5.03 Å². The van der Waals surface area contributed by atoms with E-state index in [1.807, 2.05) is 6.92 Å². The summed E-state index contributed by atoms with van der Waals surface area (Å²) in [5, 5.41) is 0.125. The Labute approximate surface area is 106 Å². The van der Waals surface area contributed by atoms with Crippen molar-refractivity contribution in [3.8, 4) is 0 Å². The first-order chi connectivity index (χ1) is 8.01. The van der Waals surface area contributed by atoms with Crippen LogP contribution in [-0.4, -0.2) is 30.8 Å². The third-order valence-electron chi connectivity index (χ3n) is 3.11. The van der Waals surface area contributed by atoms with Crippen molar-refractivity contribution in [1.29, 1.82) is 0 Å². The van der Waals surface area contributed by atoms with E-state index in [-0.39, 0.29) is 10.4 Å². The Hall–Kier alpha value is -0.590.